The molecule has 2 rings (SSSR count). The highest BCUT2D eigenvalue weighted by atomic mass is 35.5. The minimum atomic E-state index is -0.840. The van der Waals surface area contributed by atoms with Crippen molar-refractivity contribution in [1.29, 1.82) is 0 Å². The number of amides is 3. The van der Waals surface area contributed by atoms with Crippen molar-refractivity contribution in [3.8, 4) is 0 Å². The molecule has 6 nitrogen and oxygen atoms in total. The number of carbonyl (C=O) groups is 3. The number of urea groups is 1. The van der Waals surface area contributed by atoms with E-state index in [4.69, 9.17) is 16.3 Å². The summed E-state index contributed by atoms with van der Waals surface area (Å²) in [5.74, 6) is -2.05. The molecule has 3 amide bonds. The second-order valence-electron chi connectivity index (χ2n) is 4.35. The molecule has 1 aromatic carbocycles. The van der Waals surface area contributed by atoms with E-state index in [0.29, 0.717) is 6.54 Å². The Bertz CT molecular complexity index is 627. The van der Waals surface area contributed by atoms with E-state index >= 15 is 0 Å². The highest BCUT2D eigenvalue weighted by Crippen LogP contribution is 2.20. The van der Waals surface area contributed by atoms with E-state index in [1.165, 1.54) is 18.2 Å². The average molecular weight is 327 g/mol. The van der Waals surface area contributed by atoms with Crippen LogP contribution in [0.5, 0.6) is 0 Å². The quantitative estimate of drug-likeness (QED) is 0.673. The number of imide groups is 1. The van der Waals surface area contributed by atoms with Crippen LogP contribution in [0.4, 0.5) is 9.18 Å². The second-order valence-corrected chi connectivity index (χ2v) is 4.76. The molecule has 0 aliphatic carbocycles. The summed E-state index contributed by atoms with van der Waals surface area (Å²) in [6, 6.07) is 3.60. The zero-order valence-electron chi connectivity index (χ0n) is 11.3. The molecule has 116 valence electrons. The van der Waals surface area contributed by atoms with Gasteiger partial charge in [0.25, 0.3) is 5.91 Å². The number of ether oxygens (including phenoxy) is 1. The normalized spacial score (nSPS) is 14.3. The average Bonchev–Trinajstić information content (AvgIpc) is 2.90. The van der Waals surface area contributed by atoms with Crippen LogP contribution in [-0.4, -0.2) is 42.5 Å². The maximum absolute atomic E-state index is 13.5. The number of hydrogen-bond acceptors (Lipinski definition) is 4. The van der Waals surface area contributed by atoms with Gasteiger partial charge in [-0.15, -0.1) is 0 Å². The maximum Gasteiger partial charge on any atom is 0.331 e. The molecule has 0 saturated carbocycles. The Balaban J connectivity index is 1.89. The van der Waals surface area contributed by atoms with Crippen molar-refractivity contribution in [3.63, 3.8) is 0 Å². The van der Waals surface area contributed by atoms with Crippen LogP contribution >= 0.6 is 11.6 Å². The van der Waals surface area contributed by atoms with Crippen LogP contribution in [0.2, 0.25) is 5.02 Å². The van der Waals surface area contributed by atoms with Crippen LogP contribution in [0, 0.1) is 5.82 Å². The Labute approximate surface area is 130 Å². The van der Waals surface area contributed by atoms with Crippen LogP contribution < -0.4 is 5.32 Å². The van der Waals surface area contributed by atoms with Gasteiger partial charge in [-0.3, -0.25) is 9.69 Å². The molecular formula is C14H12ClFN2O4. The Morgan fingerprint density at radius 1 is 1.45 bits per heavy atom. The van der Waals surface area contributed by atoms with Gasteiger partial charge in [-0.2, -0.15) is 0 Å². The first-order valence-electron chi connectivity index (χ1n) is 6.36. The Hall–Kier alpha value is -2.41. The fourth-order valence-electron chi connectivity index (χ4n) is 1.79. The molecule has 22 heavy (non-hydrogen) atoms. The lowest BCUT2D eigenvalue weighted by Crippen LogP contribution is -2.37. The van der Waals surface area contributed by atoms with Gasteiger partial charge in [0, 0.05) is 24.7 Å². The van der Waals surface area contributed by atoms with Crippen LogP contribution in [0.1, 0.15) is 5.56 Å². The Morgan fingerprint density at radius 2 is 2.23 bits per heavy atom. The third-order valence-electron chi connectivity index (χ3n) is 2.88. The molecule has 1 saturated heterocycles. The largest absolute Gasteiger partial charge is 0.452 e. The number of carbonyl (C=O) groups excluding carboxylic acids is 3. The molecule has 1 N–H and O–H groups in total. The van der Waals surface area contributed by atoms with Crippen LogP contribution in [0.25, 0.3) is 6.08 Å². The summed E-state index contributed by atoms with van der Waals surface area (Å²) in [7, 11) is 0. The summed E-state index contributed by atoms with van der Waals surface area (Å²) in [5, 5.41) is 2.60. The molecule has 0 spiro atoms. The smallest absolute Gasteiger partial charge is 0.331 e. The fourth-order valence-corrected chi connectivity index (χ4v) is 2.02. The summed E-state index contributed by atoms with van der Waals surface area (Å²) in [5.41, 5.74) is 0.0476. The first-order valence-corrected chi connectivity index (χ1v) is 6.74. The van der Waals surface area contributed by atoms with Crippen molar-refractivity contribution in [2.45, 2.75) is 0 Å². The van der Waals surface area contributed by atoms with Crippen molar-refractivity contribution in [2.24, 2.45) is 0 Å². The van der Waals surface area contributed by atoms with Gasteiger partial charge in [0.1, 0.15) is 5.82 Å². The maximum atomic E-state index is 13.5. The second kappa shape index (κ2) is 7.04. The van der Waals surface area contributed by atoms with Gasteiger partial charge in [0.2, 0.25) is 0 Å². The van der Waals surface area contributed by atoms with Gasteiger partial charge < -0.3 is 10.1 Å². The van der Waals surface area contributed by atoms with E-state index in [0.717, 1.165) is 17.1 Å². The van der Waals surface area contributed by atoms with E-state index in [-0.39, 0.29) is 17.1 Å². The topological polar surface area (TPSA) is 75.7 Å². The predicted octanol–water partition coefficient (Wildman–Crippen LogP) is 1.59. The highest BCUT2D eigenvalue weighted by Gasteiger charge is 2.26. The molecular weight excluding hydrogens is 315 g/mol. The number of halogens is 2. The van der Waals surface area contributed by atoms with Crippen molar-refractivity contribution < 1.29 is 23.5 Å². The standard InChI is InChI=1S/C14H12ClFN2O4/c15-10-2-1-3-11(16)9(10)4-5-13(20)22-8-12(19)18-7-6-17-14(18)21/h1-5H,6-8H2,(H,17,21). The molecule has 0 bridgehead atoms. The lowest BCUT2D eigenvalue weighted by Gasteiger charge is -2.11. The van der Waals surface area contributed by atoms with E-state index in [1.807, 2.05) is 0 Å². The number of benzene rings is 1. The van der Waals surface area contributed by atoms with Crippen LogP contribution in [0.15, 0.2) is 24.3 Å². The van der Waals surface area contributed by atoms with E-state index in [9.17, 15) is 18.8 Å². The zero-order chi connectivity index (χ0) is 16.1. The third kappa shape index (κ3) is 3.82. The van der Waals surface area contributed by atoms with E-state index in [2.05, 4.69) is 5.32 Å². The molecule has 0 radical (unpaired) electrons. The number of hydrogen-bond donors (Lipinski definition) is 1. The predicted molar refractivity (Wildman–Crippen MR) is 76.5 cm³/mol. The lowest BCUT2D eigenvalue weighted by molar-refractivity contribution is -0.146. The van der Waals surface area contributed by atoms with Crippen LogP contribution in [-0.2, 0) is 14.3 Å². The van der Waals surface area contributed by atoms with Gasteiger partial charge in [-0.1, -0.05) is 17.7 Å². The minimum absolute atomic E-state index is 0.0476. The highest BCUT2D eigenvalue weighted by molar-refractivity contribution is 6.32. The molecule has 0 atom stereocenters. The van der Waals surface area contributed by atoms with Crippen molar-refractivity contribution in [3.05, 3.63) is 40.7 Å². The molecule has 8 heteroatoms. The van der Waals surface area contributed by atoms with Crippen molar-refractivity contribution in [2.75, 3.05) is 19.7 Å². The van der Waals surface area contributed by atoms with Crippen LogP contribution in [0.3, 0.4) is 0 Å². The molecule has 0 unspecified atom stereocenters. The molecule has 1 heterocycles. The molecule has 1 aliphatic rings. The van der Waals surface area contributed by atoms with Crippen molar-refractivity contribution in [1.82, 2.24) is 10.2 Å². The molecule has 0 aromatic heterocycles. The summed E-state index contributed by atoms with van der Waals surface area (Å²) < 4.78 is 18.2. The number of nitrogens with one attached hydrogen (secondary N) is 1. The summed E-state index contributed by atoms with van der Waals surface area (Å²) in [4.78, 5) is 35.3. The van der Waals surface area contributed by atoms with Gasteiger partial charge in [-0.05, 0) is 18.2 Å². The summed E-state index contributed by atoms with van der Waals surface area (Å²) in [6.07, 6.45) is 2.12. The number of nitrogens with zero attached hydrogens (tertiary/aromatic N) is 1. The molecule has 1 fully saturated rings. The zero-order valence-corrected chi connectivity index (χ0v) is 12.1. The van der Waals surface area contributed by atoms with E-state index in [1.54, 1.807) is 0 Å². The number of rotatable bonds is 4. The Morgan fingerprint density at radius 3 is 2.86 bits per heavy atom. The third-order valence-corrected chi connectivity index (χ3v) is 3.21. The van der Waals surface area contributed by atoms with Gasteiger partial charge in [-0.25, -0.2) is 14.0 Å². The van der Waals surface area contributed by atoms with Crippen molar-refractivity contribution >= 4 is 35.6 Å². The Kier molecular flexibility index (Phi) is 5.11. The number of esters is 1. The SMILES string of the molecule is O=C(C=Cc1c(F)cccc1Cl)OCC(=O)N1CCNC1=O. The molecule has 1 aromatic rings. The first-order chi connectivity index (χ1) is 10.5. The summed E-state index contributed by atoms with van der Waals surface area (Å²) in [6.45, 7) is 0.0295. The van der Waals surface area contributed by atoms with Gasteiger partial charge in [0.15, 0.2) is 6.61 Å². The lowest BCUT2D eigenvalue weighted by atomic mass is 10.2. The van der Waals surface area contributed by atoms with Gasteiger partial charge >= 0.3 is 12.0 Å². The molecule has 1 aliphatic heterocycles. The minimum Gasteiger partial charge on any atom is -0.452 e. The fraction of sp³-hybridized carbons (Fsp3) is 0.214. The summed E-state index contributed by atoms with van der Waals surface area (Å²) >= 11 is 5.79. The first kappa shape index (κ1) is 16.0. The monoisotopic (exact) mass is 326 g/mol. The van der Waals surface area contributed by atoms with Gasteiger partial charge in [0.05, 0.1) is 5.02 Å². The van der Waals surface area contributed by atoms with E-state index < -0.39 is 30.3 Å².